The number of amides is 1. The van der Waals surface area contributed by atoms with Crippen molar-refractivity contribution in [2.24, 2.45) is 0 Å². The van der Waals surface area contributed by atoms with E-state index < -0.39 is 15.9 Å². The first kappa shape index (κ1) is 22.7. The maximum Gasteiger partial charge on any atom is 0.267 e. The van der Waals surface area contributed by atoms with Crippen LogP contribution in [0.4, 0.5) is 11.6 Å². The molecule has 2 heterocycles. The number of nitrogens with zero attached hydrogens (tertiary/aromatic N) is 1. The van der Waals surface area contributed by atoms with Crippen molar-refractivity contribution in [3.05, 3.63) is 39.2 Å². The first-order chi connectivity index (χ1) is 14.7. The first-order valence-electron chi connectivity index (χ1n) is 8.55. The smallest absolute Gasteiger partial charge is 0.267 e. The van der Waals surface area contributed by atoms with Crippen LogP contribution in [0.1, 0.15) is 15.4 Å². The average molecular weight is 488 g/mol. The lowest BCUT2D eigenvalue weighted by Gasteiger charge is -2.16. The van der Waals surface area contributed by atoms with E-state index in [1.54, 1.807) is 19.1 Å². The number of benzene rings is 1. The molecule has 0 fully saturated rings. The van der Waals surface area contributed by atoms with E-state index in [4.69, 9.17) is 30.3 Å². The maximum atomic E-state index is 13.0. The molecule has 0 saturated carbocycles. The molecule has 0 spiro atoms. The molecule has 3 rings (SSSR count). The molecule has 31 heavy (non-hydrogen) atoms. The quantitative estimate of drug-likeness (QED) is 0.491. The zero-order valence-electron chi connectivity index (χ0n) is 16.8. The van der Waals surface area contributed by atoms with Gasteiger partial charge in [0.05, 0.1) is 21.3 Å². The van der Waals surface area contributed by atoms with Crippen molar-refractivity contribution in [1.82, 2.24) is 5.16 Å². The second-order valence-electron chi connectivity index (χ2n) is 5.99. The lowest BCUT2D eigenvalue weighted by molar-refractivity contribution is 0.102. The van der Waals surface area contributed by atoms with E-state index in [-0.39, 0.29) is 37.9 Å². The van der Waals surface area contributed by atoms with Gasteiger partial charge in [0.1, 0.15) is 43.4 Å². The van der Waals surface area contributed by atoms with Crippen LogP contribution in [-0.2, 0) is 10.0 Å². The predicted octanol–water partition coefficient (Wildman–Crippen LogP) is 3.78. The van der Waals surface area contributed by atoms with E-state index in [1.807, 2.05) is 0 Å². The summed E-state index contributed by atoms with van der Waals surface area (Å²) in [4.78, 5) is 12.6. The lowest BCUT2D eigenvalue weighted by Crippen LogP contribution is -2.19. The summed E-state index contributed by atoms with van der Waals surface area (Å²) in [6, 6.07) is 4.40. The van der Waals surface area contributed by atoms with Gasteiger partial charge in [0.2, 0.25) is 0 Å². The summed E-state index contributed by atoms with van der Waals surface area (Å²) < 4.78 is 48.6. The van der Waals surface area contributed by atoms with Crippen LogP contribution in [0.15, 0.2) is 33.0 Å². The number of aryl methyl sites for hydroxylation is 1. The third kappa shape index (κ3) is 4.55. The van der Waals surface area contributed by atoms with Gasteiger partial charge in [-0.2, -0.15) is 0 Å². The van der Waals surface area contributed by atoms with Gasteiger partial charge in [0.25, 0.3) is 21.8 Å². The molecule has 0 unspecified atom stereocenters. The Kier molecular flexibility index (Phi) is 6.62. The normalized spacial score (nSPS) is 11.1. The number of nitrogens with one attached hydrogen (secondary N) is 2. The Morgan fingerprint density at radius 1 is 1.16 bits per heavy atom. The van der Waals surface area contributed by atoms with E-state index in [0.717, 1.165) is 11.3 Å². The number of hydrogen-bond acceptors (Lipinski definition) is 9. The Balaban J connectivity index is 1.94. The van der Waals surface area contributed by atoms with E-state index in [1.165, 1.54) is 32.8 Å². The third-order valence-corrected chi connectivity index (χ3v) is 6.96. The van der Waals surface area contributed by atoms with Crippen LogP contribution in [0, 0.1) is 6.92 Å². The van der Waals surface area contributed by atoms with Crippen molar-refractivity contribution in [3.8, 4) is 17.2 Å². The molecule has 0 aliphatic carbocycles. The molecule has 2 aromatic heterocycles. The van der Waals surface area contributed by atoms with Crippen LogP contribution in [0.2, 0.25) is 5.02 Å². The summed E-state index contributed by atoms with van der Waals surface area (Å²) in [5.41, 5.74) is 0.538. The van der Waals surface area contributed by atoms with Gasteiger partial charge in [-0.3, -0.25) is 4.79 Å². The number of carbonyl (C=O) groups excluding carboxylic acids is 1. The van der Waals surface area contributed by atoms with Gasteiger partial charge in [0.15, 0.2) is 0 Å². The second-order valence-corrected chi connectivity index (χ2v) is 8.94. The number of aromatic nitrogens is 1. The number of hydrogen-bond donors (Lipinski definition) is 2. The molecule has 1 aromatic carbocycles. The van der Waals surface area contributed by atoms with Gasteiger partial charge in [-0.05, 0) is 18.4 Å². The summed E-state index contributed by atoms with van der Waals surface area (Å²) in [5, 5.41) is 7.73. The van der Waals surface area contributed by atoms with Gasteiger partial charge in [0, 0.05) is 12.1 Å². The maximum absolute atomic E-state index is 13.0. The summed E-state index contributed by atoms with van der Waals surface area (Å²) in [6.45, 7) is 1.56. The van der Waals surface area contributed by atoms with Gasteiger partial charge in [-0.1, -0.05) is 16.8 Å². The van der Waals surface area contributed by atoms with Crippen LogP contribution < -0.4 is 24.2 Å². The van der Waals surface area contributed by atoms with Gasteiger partial charge in [-0.25, -0.2) is 13.1 Å². The lowest BCUT2D eigenvalue weighted by atomic mass is 10.2. The Morgan fingerprint density at radius 2 is 1.81 bits per heavy atom. The van der Waals surface area contributed by atoms with Gasteiger partial charge >= 0.3 is 0 Å². The van der Waals surface area contributed by atoms with E-state index in [9.17, 15) is 13.2 Å². The van der Waals surface area contributed by atoms with E-state index >= 15 is 0 Å². The topological polar surface area (TPSA) is 129 Å². The Labute approximate surface area is 187 Å². The minimum absolute atomic E-state index is 0.0255. The van der Waals surface area contributed by atoms with Crippen molar-refractivity contribution >= 4 is 50.4 Å². The molecule has 0 bridgehead atoms. The molecule has 1 amide bonds. The molecule has 0 aliphatic heterocycles. The van der Waals surface area contributed by atoms with Gasteiger partial charge in [-0.15, -0.1) is 11.3 Å². The van der Waals surface area contributed by atoms with Crippen LogP contribution in [0.3, 0.4) is 0 Å². The number of carbonyl (C=O) groups is 1. The fourth-order valence-electron chi connectivity index (χ4n) is 2.57. The third-order valence-electron chi connectivity index (χ3n) is 4.10. The predicted molar refractivity (Wildman–Crippen MR) is 115 cm³/mol. The van der Waals surface area contributed by atoms with Crippen LogP contribution in [0.25, 0.3) is 0 Å². The number of halogens is 1. The monoisotopic (exact) mass is 487 g/mol. The molecule has 0 radical (unpaired) electrons. The Bertz CT molecular complexity index is 1200. The Hall–Kier alpha value is -2.96. The SMILES string of the molecule is COc1cc(OC)c(NC(=O)c2sccc2S(=O)(=O)Nc2onc(C)c2Cl)c(OC)c1. The highest BCUT2D eigenvalue weighted by Gasteiger charge is 2.28. The van der Waals surface area contributed by atoms with Gasteiger partial charge < -0.3 is 24.1 Å². The average Bonchev–Trinajstić information content (AvgIpc) is 3.37. The molecule has 0 aliphatic rings. The highest BCUT2D eigenvalue weighted by molar-refractivity contribution is 7.93. The van der Waals surface area contributed by atoms with E-state index in [2.05, 4.69) is 15.2 Å². The van der Waals surface area contributed by atoms with E-state index in [0.29, 0.717) is 11.4 Å². The zero-order valence-corrected chi connectivity index (χ0v) is 19.2. The summed E-state index contributed by atoms with van der Waals surface area (Å²) in [6.07, 6.45) is 0. The zero-order chi connectivity index (χ0) is 22.8. The number of sulfonamides is 1. The highest BCUT2D eigenvalue weighted by Crippen LogP contribution is 2.39. The molecule has 13 heteroatoms. The van der Waals surface area contributed by atoms with Crippen LogP contribution >= 0.6 is 22.9 Å². The molecule has 3 aromatic rings. The van der Waals surface area contributed by atoms with Crippen molar-refractivity contribution in [1.29, 1.82) is 0 Å². The van der Waals surface area contributed by atoms with Crippen LogP contribution in [-0.4, -0.2) is 40.8 Å². The minimum atomic E-state index is -4.19. The minimum Gasteiger partial charge on any atom is -0.496 e. The summed E-state index contributed by atoms with van der Waals surface area (Å²) >= 11 is 6.92. The largest absolute Gasteiger partial charge is 0.496 e. The molecule has 10 nitrogen and oxygen atoms in total. The van der Waals surface area contributed by atoms with Crippen molar-refractivity contribution in [2.75, 3.05) is 31.4 Å². The molecule has 166 valence electrons. The molecule has 2 N–H and O–H groups in total. The van der Waals surface area contributed by atoms with Crippen molar-refractivity contribution in [2.45, 2.75) is 11.8 Å². The van der Waals surface area contributed by atoms with Crippen molar-refractivity contribution < 1.29 is 31.9 Å². The molecule has 0 atom stereocenters. The van der Waals surface area contributed by atoms with Crippen LogP contribution in [0.5, 0.6) is 17.2 Å². The molecular weight excluding hydrogens is 470 g/mol. The highest BCUT2D eigenvalue weighted by atomic mass is 35.5. The number of methoxy groups -OCH3 is 3. The number of rotatable bonds is 8. The fraction of sp³-hybridized carbons (Fsp3) is 0.222. The Morgan fingerprint density at radius 3 is 2.32 bits per heavy atom. The first-order valence-corrected chi connectivity index (χ1v) is 11.3. The standard InChI is InChI=1S/C18H18ClN3O7S2/c1-9-14(19)18(29-21-9)22-31(24,25)13-5-6-30-16(13)17(23)20-15-11(27-3)7-10(26-2)8-12(15)28-4/h5-8,22H,1-4H3,(H,20,23). The fourth-order valence-corrected chi connectivity index (χ4v) is 5.06. The summed E-state index contributed by atoms with van der Waals surface area (Å²) in [5.74, 6) is 0.0711. The molecular formula is C18H18ClN3O7S2. The number of ether oxygens (including phenoxy) is 3. The number of thiophene rings is 1. The summed E-state index contributed by atoms with van der Waals surface area (Å²) in [7, 11) is 0.116. The number of anilines is 2. The second kappa shape index (κ2) is 9.04. The van der Waals surface area contributed by atoms with Crippen molar-refractivity contribution in [3.63, 3.8) is 0 Å². The molecule has 0 saturated heterocycles.